The van der Waals surface area contributed by atoms with E-state index in [0.29, 0.717) is 0 Å². The molecule has 2 aromatic rings. The van der Waals surface area contributed by atoms with Crippen LogP contribution in [-0.2, 0) is 9.53 Å². The predicted molar refractivity (Wildman–Crippen MR) is 99.4 cm³/mol. The first-order valence-electron chi connectivity index (χ1n) is 8.27. The van der Waals surface area contributed by atoms with Crippen LogP contribution < -0.4 is 0 Å². The van der Waals surface area contributed by atoms with Crippen LogP contribution in [0.4, 0.5) is 4.79 Å². The van der Waals surface area contributed by atoms with Crippen LogP contribution in [0.2, 0.25) is 0 Å². The number of imide groups is 1. The van der Waals surface area contributed by atoms with E-state index in [4.69, 9.17) is 4.74 Å². The number of carbonyl (C=O) groups excluding carboxylic acids is 2. The SMILES string of the molecule is Cc1ccc(Br)cc1[C@@H](CC(=O)N1C(=O)OC[C@H]1C)c1ccccc1. The molecule has 1 heterocycles. The van der Waals surface area contributed by atoms with Crippen molar-refractivity contribution in [2.24, 2.45) is 0 Å². The number of carbonyl (C=O) groups is 2. The molecule has 1 aliphatic heterocycles. The lowest BCUT2D eigenvalue weighted by molar-refractivity contribution is -0.129. The van der Waals surface area contributed by atoms with Crippen LogP contribution in [0, 0.1) is 6.92 Å². The molecule has 130 valence electrons. The fourth-order valence-electron chi connectivity index (χ4n) is 3.22. The molecule has 0 bridgehead atoms. The largest absolute Gasteiger partial charge is 0.447 e. The molecule has 0 radical (unpaired) electrons. The lowest BCUT2D eigenvalue weighted by Gasteiger charge is -2.23. The zero-order valence-corrected chi connectivity index (χ0v) is 15.8. The van der Waals surface area contributed by atoms with Gasteiger partial charge in [-0.1, -0.05) is 52.3 Å². The van der Waals surface area contributed by atoms with E-state index in [0.717, 1.165) is 21.2 Å². The molecule has 4 nitrogen and oxygen atoms in total. The average Bonchev–Trinajstić information content (AvgIpc) is 2.94. The molecule has 2 atom stereocenters. The third kappa shape index (κ3) is 3.76. The average molecular weight is 402 g/mol. The van der Waals surface area contributed by atoms with Crippen LogP contribution in [0.25, 0.3) is 0 Å². The van der Waals surface area contributed by atoms with Crippen molar-refractivity contribution in [1.82, 2.24) is 4.90 Å². The first kappa shape index (κ1) is 17.7. The standard InChI is InChI=1S/C20H20BrNO3/c1-13-8-9-16(21)10-17(13)18(15-6-4-3-5-7-15)11-19(23)22-14(2)12-25-20(22)24/h3-10,14,18H,11-12H2,1-2H3/t14-,18+/m1/s1. The molecule has 2 aromatic carbocycles. The van der Waals surface area contributed by atoms with Gasteiger partial charge in [0.2, 0.25) is 5.91 Å². The third-order valence-corrected chi connectivity index (χ3v) is 5.04. The van der Waals surface area contributed by atoms with Crippen LogP contribution in [0.15, 0.2) is 53.0 Å². The number of halogens is 1. The number of amides is 2. The molecular weight excluding hydrogens is 382 g/mol. The molecule has 1 fully saturated rings. The van der Waals surface area contributed by atoms with Gasteiger partial charge in [0.05, 0.1) is 6.04 Å². The van der Waals surface area contributed by atoms with Crippen molar-refractivity contribution in [2.75, 3.05) is 6.61 Å². The van der Waals surface area contributed by atoms with Gasteiger partial charge in [-0.05, 0) is 42.7 Å². The van der Waals surface area contributed by atoms with Crippen molar-refractivity contribution in [1.29, 1.82) is 0 Å². The van der Waals surface area contributed by atoms with Gasteiger partial charge in [0, 0.05) is 16.8 Å². The van der Waals surface area contributed by atoms with Crippen LogP contribution >= 0.6 is 15.9 Å². The zero-order valence-electron chi connectivity index (χ0n) is 14.2. The highest BCUT2D eigenvalue weighted by atomic mass is 79.9. The Labute approximate surface area is 155 Å². The van der Waals surface area contributed by atoms with E-state index >= 15 is 0 Å². The molecule has 1 saturated heterocycles. The van der Waals surface area contributed by atoms with Gasteiger partial charge in [-0.2, -0.15) is 0 Å². The Morgan fingerprint density at radius 3 is 2.64 bits per heavy atom. The molecule has 0 saturated carbocycles. The molecule has 0 aliphatic carbocycles. The summed E-state index contributed by atoms with van der Waals surface area (Å²) in [6.07, 6.45) is -0.323. The monoisotopic (exact) mass is 401 g/mol. The molecule has 0 unspecified atom stereocenters. The molecule has 3 rings (SSSR count). The van der Waals surface area contributed by atoms with Crippen molar-refractivity contribution in [3.8, 4) is 0 Å². The Morgan fingerprint density at radius 2 is 2.00 bits per heavy atom. The lowest BCUT2D eigenvalue weighted by atomic mass is 9.85. The Bertz CT molecular complexity index is 791. The molecule has 0 N–H and O–H groups in total. The van der Waals surface area contributed by atoms with Crippen molar-refractivity contribution in [3.05, 3.63) is 69.7 Å². The fraction of sp³-hybridized carbons (Fsp3) is 0.300. The first-order chi connectivity index (χ1) is 12.0. The molecule has 5 heteroatoms. The van der Waals surface area contributed by atoms with E-state index in [-0.39, 0.29) is 30.9 Å². The quantitative estimate of drug-likeness (QED) is 0.748. The highest BCUT2D eigenvalue weighted by Gasteiger charge is 2.36. The van der Waals surface area contributed by atoms with Crippen LogP contribution in [-0.4, -0.2) is 29.5 Å². The number of benzene rings is 2. The highest BCUT2D eigenvalue weighted by Crippen LogP contribution is 2.33. The second-order valence-electron chi connectivity index (χ2n) is 6.36. The second-order valence-corrected chi connectivity index (χ2v) is 7.27. The summed E-state index contributed by atoms with van der Waals surface area (Å²) in [5.41, 5.74) is 3.24. The summed E-state index contributed by atoms with van der Waals surface area (Å²) < 4.78 is 5.96. The van der Waals surface area contributed by atoms with Crippen LogP contribution in [0.1, 0.15) is 36.0 Å². The summed E-state index contributed by atoms with van der Waals surface area (Å²) in [6.45, 7) is 4.12. The summed E-state index contributed by atoms with van der Waals surface area (Å²) >= 11 is 3.52. The molecule has 1 aliphatic rings. The third-order valence-electron chi connectivity index (χ3n) is 4.55. The number of hydrogen-bond acceptors (Lipinski definition) is 3. The van der Waals surface area contributed by atoms with Gasteiger partial charge in [-0.3, -0.25) is 4.79 Å². The smallest absolute Gasteiger partial charge is 0.416 e. The minimum absolute atomic E-state index is 0.119. The first-order valence-corrected chi connectivity index (χ1v) is 9.06. The van der Waals surface area contributed by atoms with Gasteiger partial charge in [-0.25, -0.2) is 9.69 Å². The minimum Gasteiger partial charge on any atom is -0.447 e. The second kappa shape index (κ2) is 7.40. The van der Waals surface area contributed by atoms with Gasteiger partial charge in [0.1, 0.15) is 6.61 Å². The van der Waals surface area contributed by atoms with Crippen molar-refractivity contribution in [2.45, 2.75) is 32.2 Å². The van der Waals surface area contributed by atoms with Crippen LogP contribution in [0.5, 0.6) is 0 Å². The normalized spacial score (nSPS) is 18.1. The molecule has 2 amide bonds. The van der Waals surface area contributed by atoms with E-state index in [1.807, 2.05) is 62.4 Å². The molecular formula is C20H20BrNO3. The highest BCUT2D eigenvalue weighted by molar-refractivity contribution is 9.10. The number of hydrogen-bond donors (Lipinski definition) is 0. The van der Waals surface area contributed by atoms with Crippen LogP contribution in [0.3, 0.4) is 0 Å². The molecule has 0 aromatic heterocycles. The Morgan fingerprint density at radius 1 is 1.28 bits per heavy atom. The van der Waals surface area contributed by atoms with Gasteiger partial charge < -0.3 is 4.74 Å². The van der Waals surface area contributed by atoms with Gasteiger partial charge in [-0.15, -0.1) is 0 Å². The zero-order chi connectivity index (χ0) is 18.0. The predicted octanol–water partition coefficient (Wildman–Crippen LogP) is 4.65. The summed E-state index contributed by atoms with van der Waals surface area (Å²) in [5, 5.41) is 0. The van der Waals surface area contributed by atoms with Gasteiger partial charge in [0.25, 0.3) is 0 Å². The minimum atomic E-state index is -0.546. The van der Waals surface area contributed by atoms with Crippen molar-refractivity contribution < 1.29 is 14.3 Å². The van der Waals surface area contributed by atoms with Gasteiger partial charge >= 0.3 is 6.09 Å². The Balaban J connectivity index is 1.96. The number of rotatable bonds is 4. The number of aryl methyl sites for hydroxylation is 1. The van der Waals surface area contributed by atoms with E-state index in [1.165, 1.54) is 4.90 Å². The maximum Gasteiger partial charge on any atom is 0.416 e. The summed E-state index contributed by atoms with van der Waals surface area (Å²) in [6, 6.07) is 15.8. The van der Waals surface area contributed by atoms with E-state index in [2.05, 4.69) is 15.9 Å². The number of nitrogens with zero attached hydrogens (tertiary/aromatic N) is 1. The number of cyclic esters (lactones) is 1. The topological polar surface area (TPSA) is 46.6 Å². The molecule has 25 heavy (non-hydrogen) atoms. The maximum absolute atomic E-state index is 12.8. The van der Waals surface area contributed by atoms with Gasteiger partial charge in [0.15, 0.2) is 0 Å². The van der Waals surface area contributed by atoms with E-state index in [1.54, 1.807) is 0 Å². The van der Waals surface area contributed by atoms with E-state index in [9.17, 15) is 9.59 Å². The van der Waals surface area contributed by atoms with Crippen molar-refractivity contribution >= 4 is 27.9 Å². The summed E-state index contributed by atoms with van der Waals surface area (Å²) in [7, 11) is 0. The fourth-order valence-corrected chi connectivity index (χ4v) is 3.59. The Kier molecular flexibility index (Phi) is 5.23. The number of ether oxygens (including phenoxy) is 1. The Hall–Kier alpha value is -2.14. The van der Waals surface area contributed by atoms with E-state index < -0.39 is 6.09 Å². The lowest BCUT2D eigenvalue weighted by Crippen LogP contribution is -2.38. The summed E-state index contributed by atoms with van der Waals surface area (Å²) in [5.74, 6) is -0.324. The van der Waals surface area contributed by atoms with Crippen molar-refractivity contribution in [3.63, 3.8) is 0 Å². The molecule has 0 spiro atoms. The maximum atomic E-state index is 12.8. The summed E-state index contributed by atoms with van der Waals surface area (Å²) in [4.78, 5) is 25.9.